The van der Waals surface area contributed by atoms with Gasteiger partial charge in [-0.1, -0.05) is 6.42 Å². The minimum atomic E-state index is 0.738. The zero-order chi connectivity index (χ0) is 11.5. The summed E-state index contributed by atoms with van der Waals surface area (Å²) in [5, 5.41) is 3.52. The van der Waals surface area contributed by atoms with Crippen LogP contribution in [0.15, 0.2) is 0 Å². The van der Waals surface area contributed by atoms with Crippen LogP contribution in [0, 0.1) is 5.92 Å². The zero-order valence-corrected chi connectivity index (χ0v) is 11.1. The van der Waals surface area contributed by atoms with E-state index in [2.05, 4.69) is 36.3 Å². The summed E-state index contributed by atoms with van der Waals surface area (Å²) in [6, 6.07) is 1.53. The molecule has 2 aliphatic rings. The van der Waals surface area contributed by atoms with Crippen LogP contribution in [0.2, 0.25) is 0 Å². The van der Waals surface area contributed by atoms with Crippen LogP contribution in [0.1, 0.15) is 25.7 Å². The number of hydrogen-bond acceptors (Lipinski definition) is 3. The molecule has 1 heterocycles. The summed E-state index contributed by atoms with van der Waals surface area (Å²) < 4.78 is 0. The van der Waals surface area contributed by atoms with Crippen LogP contribution in [-0.4, -0.2) is 62.7 Å². The van der Waals surface area contributed by atoms with Gasteiger partial charge in [0.05, 0.1) is 0 Å². The van der Waals surface area contributed by atoms with Crippen LogP contribution in [-0.2, 0) is 0 Å². The Kier molecular flexibility index (Phi) is 4.22. The molecule has 0 amide bonds. The van der Waals surface area contributed by atoms with Crippen LogP contribution in [0.5, 0.6) is 0 Å². The summed E-state index contributed by atoms with van der Waals surface area (Å²) in [7, 11) is 6.78. The molecule has 3 nitrogen and oxygen atoms in total. The SMILES string of the molecule is CN(C)C(CC1CNCCN1C)C1CCC1. The van der Waals surface area contributed by atoms with Crippen LogP contribution in [0.3, 0.4) is 0 Å². The minimum Gasteiger partial charge on any atom is -0.314 e. The highest BCUT2D eigenvalue weighted by Crippen LogP contribution is 2.34. The average molecular weight is 225 g/mol. The maximum absolute atomic E-state index is 3.52. The summed E-state index contributed by atoms with van der Waals surface area (Å²) in [5.74, 6) is 0.963. The van der Waals surface area contributed by atoms with Gasteiger partial charge in [-0.2, -0.15) is 0 Å². The summed E-state index contributed by atoms with van der Waals surface area (Å²) in [5.41, 5.74) is 0. The van der Waals surface area contributed by atoms with E-state index >= 15 is 0 Å². The van der Waals surface area contributed by atoms with Crippen LogP contribution in [0.4, 0.5) is 0 Å². The number of piperazine rings is 1. The highest BCUT2D eigenvalue weighted by molar-refractivity contribution is 4.88. The molecule has 1 aliphatic carbocycles. The van der Waals surface area contributed by atoms with E-state index in [9.17, 15) is 0 Å². The number of likely N-dealkylation sites (N-methyl/N-ethyl adjacent to an activating group) is 1. The highest BCUT2D eigenvalue weighted by atomic mass is 15.2. The largest absolute Gasteiger partial charge is 0.314 e. The van der Waals surface area contributed by atoms with Gasteiger partial charge in [0.1, 0.15) is 0 Å². The Bertz CT molecular complexity index is 213. The van der Waals surface area contributed by atoms with E-state index in [4.69, 9.17) is 0 Å². The van der Waals surface area contributed by atoms with Gasteiger partial charge in [-0.3, -0.25) is 0 Å². The lowest BCUT2D eigenvalue weighted by Gasteiger charge is -2.42. The second-order valence-corrected chi connectivity index (χ2v) is 5.80. The van der Waals surface area contributed by atoms with Gasteiger partial charge in [0.25, 0.3) is 0 Å². The van der Waals surface area contributed by atoms with Gasteiger partial charge in [-0.15, -0.1) is 0 Å². The molecule has 0 aromatic heterocycles. The molecular formula is C13H27N3. The molecule has 1 saturated heterocycles. The smallest absolute Gasteiger partial charge is 0.0233 e. The first-order chi connectivity index (χ1) is 7.68. The summed E-state index contributed by atoms with van der Waals surface area (Å²) in [4.78, 5) is 4.98. The van der Waals surface area contributed by atoms with Crippen molar-refractivity contribution in [1.82, 2.24) is 15.1 Å². The van der Waals surface area contributed by atoms with Crippen molar-refractivity contribution in [1.29, 1.82) is 0 Å². The van der Waals surface area contributed by atoms with Gasteiger partial charge in [-0.05, 0) is 46.3 Å². The van der Waals surface area contributed by atoms with Crippen LogP contribution in [0.25, 0.3) is 0 Å². The molecule has 1 saturated carbocycles. The first-order valence-electron chi connectivity index (χ1n) is 6.76. The van der Waals surface area contributed by atoms with Gasteiger partial charge in [-0.25, -0.2) is 0 Å². The van der Waals surface area contributed by atoms with E-state index in [1.54, 1.807) is 0 Å². The van der Waals surface area contributed by atoms with E-state index in [1.807, 2.05) is 0 Å². The molecule has 0 spiro atoms. The molecule has 1 N–H and O–H groups in total. The summed E-state index contributed by atoms with van der Waals surface area (Å²) in [6.45, 7) is 3.53. The van der Waals surface area contributed by atoms with Crippen molar-refractivity contribution in [3.8, 4) is 0 Å². The fourth-order valence-corrected chi connectivity index (χ4v) is 3.05. The predicted octanol–water partition coefficient (Wildman–Crippen LogP) is 1.01. The third-order valence-electron chi connectivity index (χ3n) is 4.52. The monoisotopic (exact) mass is 225 g/mol. The lowest BCUT2D eigenvalue weighted by molar-refractivity contribution is 0.0883. The van der Waals surface area contributed by atoms with E-state index in [-0.39, 0.29) is 0 Å². The summed E-state index contributed by atoms with van der Waals surface area (Å²) >= 11 is 0. The highest BCUT2D eigenvalue weighted by Gasteiger charge is 2.32. The van der Waals surface area contributed by atoms with Crippen molar-refractivity contribution >= 4 is 0 Å². The number of hydrogen-bond donors (Lipinski definition) is 1. The molecule has 2 fully saturated rings. The van der Waals surface area contributed by atoms with E-state index in [0.29, 0.717) is 0 Å². The Morgan fingerprint density at radius 3 is 2.62 bits per heavy atom. The van der Waals surface area contributed by atoms with Gasteiger partial charge in [0, 0.05) is 31.7 Å². The van der Waals surface area contributed by atoms with Crippen molar-refractivity contribution in [3.63, 3.8) is 0 Å². The van der Waals surface area contributed by atoms with Crippen molar-refractivity contribution in [2.75, 3.05) is 40.8 Å². The molecule has 2 unspecified atom stereocenters. The molecule has 0 aromatic carbocycles. The molecule has 2 rings (SSSR count). The van der Waals surface area contributed by atoms with Crippen molar-refractivity contribution in [3.05, 3.63) is 0 Å². The molecule has 94 valence electrons. The molecular weight excluding hydrogens is 198 g/mol. The third kappa shape index (κ3) is 2.76. The molecule has 16 heavy (non-hydrogen) atoms. The fourth-order valence-electron chi connectivity index (χ4n) is 3.05. The number of rotatable bonds is 4. The standard InChI is InChI=1S/C13H27N3/c1-15(2)13(11-5-4-6-11)9-12-10-14-7-8-16(12)3/h11-14H,4-10H2,1-3H3. The zero-order valence-electron chi connectivity index (χ0n) is 11.1. The first-order valence-corrected chi connectivity index (χ1v) is 6.76. The molecule has 2 atom stereocenters. The maximum atomic E-state index is 3.52. The quantitative estimate of drug-likeness (QED) is 0.770. The first kappa shape index (κ1) is 12.3. The van der Waals surface area contributed by atoms with Crippen molar-refractivity contribution in [2.24, 2.45) is 5.92 Å². The Morgan fingerprint density at radius 1 is 1.38 bits per heavy atom. The lowest BCUT2D eigenvalue weighted by Crippen LogP contribution is -2.53. The molecule has 0 aromatic rings. The minimum absolute atomic E-state index is 0.738. The Morgan fingerprint density at radius 2 is 2.12 bits per heavy atom. The third-order valence-corrected chi connectivity index (χ3v) is 4.52. The van der Waals surface area contributed by atoms with Crippen molar-refractivity contribution in [2.45, 2.75) is 37.8 Å². The van der Waals surface area contributed by atoms with Crippen LogP contribution >= 0.6 is 0 Å². The fraction of sp³-hybridized carbons (Fsp3) is 1.00. The Labute approximate surface area is 100 Å². The second kappa shape index (κ2) is 5.48. The molecule has 0 radical (unpaired) electrons. The average Bonchev–Trinajstić information content (AvgIpc) is 2.17. The predicted molar refractivity (Wildman–Crippen MR) is 68.7 cm³/mol. The van der Waals surface area contributed by atoms with E-state index in [1.165, 1.54) is 38.8 Å². The van der Waals surface area contributed by atoms with Gasteiger partial charge >= 0.3 is 0 Å². The Balaban J connectivity index is 1.88. The maximum Gasteiger partial charge on any atom is 0.0233 e. The van der Waals surface area contributed by atoms with Crippen LogP contribution < -0.4 is 5.32 Å². The van der Waals surface area contributed by atoms with Crippen molar-refractivity contribution < 1.29 is 0 Å². The van der Waals surface area contributed by atoms with E-state index in [0.717, 1.165) is 24.5 Å². The lowest BCUT2D eigenvalue weighted by atomic mass is 9.77. The molecule has 0 bridgehead atoms. The van der Waals surface area contributed by atoms with E-state index < -0.39 is 0 Å². The second-order valence-electron chi connectivity index (χ2n) is 5.80. The Hall–Kier alpha value is -0.120. The molecule has 3 heteroatoms. The molecule has 1 aliphatic heterocycles. The topological polar surface area (TPSA) is 18.5 Å². The number of nitrogens with one attached hydrogen (secondary N) is 1. The van der Waals surface area contributed by atoms with Gasteiger partial charge in [0.2, 0.25) is 0 Å². The number of nitrogens with zero attached hydrogens (tertiary/aromatic N) is 2. The normalized spacial score (nSPS) is 30.4. The summed E-state index contributed by atoms with van der Waals surface area (Å²) in [6.07, 6.45) is 5.69. The van der Waals surface area contributed by atoms with Gasteiger partial charge < -0.3 is 15.1 Å². The van der Waals surface area contributed by atoms with Gasteiger partial charge in [0.15, 0.2) is 0 Å².